The molecule has 1 saturated heterocycles. The smallest absolute Gasteiger partial charge is 0.273 e. The zero-order valence-electron chi connectivity index (χ0n) is 17.5. The highest BCUT2D eigenvalue weighted by Crippen LogP contribution is 2.69. The van der Waals surface area contributed by atoms with Crippen LogP contribution in [0.2, 0.25) is 0 Å². The van der Waals surface area contributed by atoms with Crippen molar-refractivity contribution in [2.24, 2.45) is 0 Å². The Kier molecular flexibility index (Phi) is 6.37. The van der Waals surface area contributed by atoms with Gasteiger partial charge in [-0.25, -0.2) is 0 Å². The van der Waals surface area contributed by atoms with Crippen LogP contribution < -0.4 is 9.34 Å². The number of carbonyl (C=O) groups excluding carboxylic acids is 1. The molecule has 1 aliphatic rings. The molecule has 164 valence electrons. The Hall–Kier alpha value is -3.44. The number of nitrogens with zero attached hydrogens (tertiary/aromatic N) is 3. The lowest BCUT2D eigenvalue weighted by Gasteiger charge is -2.48. The Bertz CT molecular complexity index is 1090. The minimum absolute atomic E-state index is 0.0885. The van der Waals surface area contributed by atoms with Crippen LogP contribution in [0.4, 0.5) is 17.1 Å². The topological polar surface area (TPSA) is 83.8 Å². The number of benzene rings is 3. The fourth-order valence-corrected chi connectivity index (χ4v) is 8.04. The van der Waals surface area contributed by atoms with Gasteiger partial charge in [0.15, 0.2) is 0 Å². The van der Waals surface area contributed by atoms with Crippen LogP contribution in [0.5, 0.6) is 0 Å². The van der Waals surface area contributed by atoms with E-state index in [1.165, 1.54) is 6.07 Å². The van der Waals surface area contributed by atoms with E-state index in [1.807, 2.05) is 70.0 Å². The lowest BCUT2D eigenvalue weighted by Crippen LogP contribution is -2.41. The predicted octanol–water partition coefficient (Wildman–Crippen LogP) is 5.83. The van der Waals surface area contributed by atoms with Crippen LogP contribution in [0.15, 0.2) is 84.9 Å². The van der Waals surface area contributed by atoms with E-state index in [0.717, 1.165) is 17.8 Å². The normalized spacial score (nSPS) is 16.4. The fraction of sp³-hybridized carbons (Fsp3) is 0.208. The van der Waals surface area contributed by atoms with Crippen molar-refractivity contribution in [2.45, 2.75) is 18.5 Å². The van der Waals surface area contributed by atoms with Gasteiger partial charge in [0.1, 0.15) is 6.29 Å². The summed E-state index contributed by atoms with van der Waals surface area (Å²) in [4.78, 5) is 23.2. The molecule has 0 radical (unpaired) electrons. The number of aldehydes is 1. The molecule has 0 aliphatic carbocycles. The first-order valence-electron chi connectivity index (χ1n) is 10.5. The molecule has 7 nitrogen and oxygen atoms in total. The average molecular weight is 449 g/mol. The van der Waals surface area contributed by atoms with E-state index in [1.54, 1.807) is 18.2 Å². The Balaban J connectivity index is 1.96. The third-order valence-electron chi connectivity index (χ3n) is 5.76. The van der Waals surface area contributed by atoms with Gasteiger partial charge in [-0.2, -0.15) is 0 Å². The van der Waals surface area contributed by atoms with E-state index in [-0.39, 0.29) is 12.1 Å². The van der Waals surface area contributed by atoms with Gasteiger partial charge in [-0.1, -0.05) is 54.6 Å². The Labute approximate surface area is 186 Å². The number of rotatable bonds is 7. The SMILES string of the molecule is O=CCC(c1ccccc1[N+](=O)[O-])P1(=O)N(c2ccccc2)CCCN1c1ccccc1. The monoisotopic (exact) mass is 449 g/mol. The van der Waals surface area contributed by atoms with Gasteiger partial charge in [0.25, 0.3) is 13.1 Å². The first-order chi connectivity index (χ1) is 15.6. The fourth-order valence-electron chi connectivity index (χ4n) is 4.39. The Morgan fingerprint density at radius 1 is 0.875 bits per heavy atom. The molecule has 0 N–H and O–H groups in total. The van der Waals surface area contributed by atoms with Crippen LogP contribution in [0.25, 0.3) is 0 Å². The second-order valence-electron chi connectivity index (χ2n) is 7.59. The highest BCUT2D eigenvalue weighted by Gasteiger charge is 2.49. The number of anilines is 2. The van der Waals surface area contributed by atoms with Gasteiger partial charge in [-0.15, -0.1) is 0 Å². The maximum absolute atomic E-state index is 15.2. The number of hydrogen-bond acceptors (Lipinski definition) is 4. The molecule has 0 saturated carbocycles. The number of nitro groups is 1. The summed E-state index contributed by atoms with van der Waals surface area (Å²) in [6, 6.07) is 25.1. The third kappa shape index (κ3) is 3.92. The number of para-hydroxylation sites is 3. The first-order valence-corrected chi connectivity index (χ1v) is 12.2. The molecule has 0 amide bonds. The quantitative estimate of drug-likeness (QED) is 0.195. The molecule has 3 aromatic carbocycles. The van der Waals surface area contributed by atoms with Crippen molar-refractivity contribution in [2.75, 3.05) is 22.4 Å². The molecular formula is C24H24N3O4P. The third-order valence-corrected chi connectivity index (χ3v) is 9.30. The van der Waals surface area contributed by atoms with Gasteiger partial charge >= 0.3 is 0 Å². The Morgan fingerprint density at radius 3 is 1.88 bits per heavy atom. The average Bonchev–Trinajstić information content (AvgIpc) is 2.83. The second-order valence-corrected chi connectivity index (χ2v) is 10.4. The highest BCUT2D eigenvalue weighted by molar-refractivity contribution is 7.67. The maximum atomic E-state index is 15.2. The van der Waals surface area contributed by atoms with Crippen LogP contribution in [0, 0.1) is 10.1 Å². The summed E-state index contributed by atoms with van der Waals surface area (Å²) in [5.41, 5.74) is 0.872. The standard InChI is InChI=1S/C24H24N3O4P/c28-19-16-24(22-14-7-8-15-23(22)27(29)30)32(31)25(20-10-3-1-4-11-20)17-9-18-26(32)21-12-5-2-6-13-21/h1-8,10-15,19,24H,9,16-18H2. The summed E-state index contributed by atoms with van der Waals surface area (Å²) in [6.07, 6.45) is 1.38. The predicted molar refractivity (Wildman–Crippen MR) is 126 cm³/mol. The van der Waals surface area contributed by atoms with E-state index in [4.69, 9.17) is 0 Å². The first kappa shape index (κ1) is 21.8. The number of hydrogen-bond donors (Lipinski definition) is 0. The molecule has 32 heavy (non-hydrogen) atoms. The summed E-state index contributed by atoms with van der Waals surface area (Å²) in [7, 11) is -3.56. The number of carbonyl (C=O) groups is 1. The van der Waals surface area contributed by atoms with Crippen molar-refractivity contribution in [3.63, 3.8) is 0 Å². The summed E-state index contributed by atoms with van der Waals surface area (Å²) >= 11 is 0. The summed E-state index contributed by atoms with van der Waals surface area (Å²) < 4.78 is 18.9. The summed E-state index contributed by atoms with van der Waals surface area (Å²) in [5.74, 6) is 0. The molecule has 1 aliphatic heterocycles. The van der Waals surface area contributed by atoms with E-state index >= 15 is 4.57 Å². The van der Waals surface area contributed by atoms with Gasteiger partial charge in [-0.3, -0.25) is 14.7 Å². The summed E-state index contributed by atoms with van der Waals surface area (Å²) in [5, 5.41) is 11.8. The van der Waals surface area contributed by atoms with Crippen LogP contribution in [-0.4, -0.2) is 24.3 Å². The minimum atomic E-state index is -3.56. The molecule has 4 rings (SSSR count). The van der Waals surface area contributed by atoms with Crippen LogP contribution in [0.3, 0.4) is 0 Å². The molecule has 1 heterocycles. The Morgan fingerprint density at radius 2 is 1.38 bits per heavy atom. The van der Waals surface area contributed by atoms with Gasteiger partial charge in [0, 0.05) is 42.5 Å². The maximum Gasteiger partial charge on any atom is 0.273 e. The van der Waals surface area contributed by atoms with E-state index < -0.39 is 18.0 Å². The molecule has 0 spiro atoms. The van der Waals surface area contributed by atoms with Gasteiger partial charge in [0.2, 0.25) is 0 Å². The summed E-state index contributed by atoms with van der Waals surface area (Å²) in [6.45, 7) is 1.06. The van der Waals surface area contributed by atoms with Crippen molar-refractivity contribution in [3.8, 4) is 0 Å². The molecule has 0 aromatic heterocycles. The molecule has 1 atom stereocenters. The lowest BCUT2D eigenvalue weighted by molar-refractivity contribution is -0.385. The van der Waals surface area contributed by atoms with E-state index in [0.29, 0.717) is 24.9 Å². The van der Waals surface area contributed by atoms with Crippen LogP contribution in [-0.2, 0) is 9.36 Å². The molecule has 1 fully saturated rings. The molecule has 0 bridgehead atoms. The van der Waals surface area contributed by atoms with Crippen molar-refractivity contribution in [1.82, 2.24) is 0 Å². The van der Waals surface area contributed by atoms with Crippen LogP contribution >= 0.6 is 7.44 Å². The van der Waals surface area contributed by atoms with Gasteiger partial charge < -0.3 is 14.1 Å². The van der Waals surface area contributed by atoms with E-state index in [9.17, 15) is 14.9 Å². The van der Waals surface area contributed by atoms with Crippen molar-refractivity contribution in [1.29, 1.82) is 0 Å². The van der Waals surface area contributed by atoms with Gasteiger partial charge in [0.05, 0.1) is 10.6 Å². The van der Waals surface area contributed by atoms with Crippen molar-refractivity contribution >= 4 is 30.8 Å². The van der Waals surface area contributed by atoms with Crippen molar-refractivity contribution < 1.29 is 14.3 Å². The molecular weight excluding hydrogens is 425 g/mol. The minimum Gasteiger partial charge on any atom is -0.306 e. The zero-order chi connectivity index (χ0) is 22.6. The molecule has 3 aromatic rings. The second kappa shape index (κ2) is 9.37. The van der Waals surface area contributed by atoms with Gasteiger partial charge in [-0.05, 0) is 30.7 Å². The largest absolute Gasteiger partial charge is 0.306 e. The number of nitro benzene ring substituents is 1. The van der Waals surface area contributed by atoms with E-state index in [2.05, 4.69) is 0 Å². The molecule has 1 unspecified atom stereocenters. The molecule has 8 heteroatoms. The van der Waals surface area contributed by atoms with Crippen molar-refractivity contribution in [3.05, 3.63) is 101 Å². The lowest BCUT2D eigenvalue weighted by atomic mass is 10.1. The zero-order valence-corrected chi connectivity index (χ0v) is 18.4. The highest BCUT2D eigenvalue weighted by atomic mass is 31.2. The van der Waals surface area contributed by atoms with Crippen LogP contribution in [0.1, 0.15) is 24.1 Å².